The zero-order valence-electron chi connectivity index (χ0n) is 17.2. The Morgan fingerprint density at radius 2 is 2.07 bits per heavy atom. The Bertz CT molecular complexity index is 870. The highest BCUT2D eigenvalue weighted by molar-refractivity contribution is 8.03. The molecular weight excluding hydrogens is 402 g/mol. The van der Waals surface area contributed by atoms with E-state index in [-0.39, 0.29) is 34.9 Å². The van der Waals surface area contributed by atoms with Gasteiger partial charge in [-0.3, -0.25) is 4.79 Å². The van der Waals surface area contributed by atoms with Crippen molar-refractivity contribution in [3.63, 3.8) is 0 Å². The number of fused-ring (bicyclic) bond motifs is 1. The van der Waals surface area contributed by atoms with Gasteiger partial charge in [0.25, 0.3) is 0 Å². The topological polar surface area (TPSA) is 116 Å². The third-order valence-corrected chi connectivity index (χ3v) is 8.02. The van der Waals surface area contributed by atoms with Gasteiger partial charge in [0.2, 0.25) is 5.91 Å². The normalized spacial score (nSPS) is 31.7. The van der Waals surface area contributed by atoms with Crippen molar-refractivity contribution in [2.45, 2.75) is 50.1 Å². The van der Waals surface area contributed by atoms with E-state index in [9.17, 15) is 19.8 Å². The van der Waals surface area contributed by atoms with Gasteiger partial charge in [-0.15, -0.1) is 11.8 Å². The van der Waals surface area contributed by atoms with Gasteiger partial charge in [0.15, 0.2) is 0 Å². The van der Waals surface area contributed by atoms with Crippen LogP contribution >= 0.6 is 11.8 Å². The number of hydrogen-bond acceptors (Lipinski definition) is 6. The van der Waals surface area contributed by atoms with Crippen molar-refractivity contribution >= 4 is 23.6 Å². The molecule has 5 N–H and O–H groups in total. The maximum Gasteiger partial charge on any atom is 0.353 e. The monoisotopic (exact) mass is 431 g/mol. The van der Waals surface area contributed by atoms with Crippen molar-refractivity contribution in [3.8, 4) is 0 Å². The summed E-state index contributed by atoms with van der Waals surface area (Å²) in [6.07, 6.45) is 0.980. The number of carboxylic acids is 1. The third kappa shape index (κ3) is 3.56. The zero-order valence-corrected chi connectivity index (χ0v) is 18.1. The summed E-state index contributed by atoms with van der Waals surface area (Å²) in [6.45, 7) is 4.98. The van der Waals surface area contributed by atoms with Gasteiger partial charge in [-0.05, 0) is 37.4 Å². The minimum absolute atomic E-state index is 0.0898. The fourth-order valence-corrected chi connectivity index (χ4v) is 6.47. The summed E-state index contributed by atoms with van der Waals surface area (Å²) in [5, 5.41) is 23.5. The van der Waals surface area contributed by atoms with E-state index in [1.54, 1.807) is 18.7 Å². The minimum atomic E-state index is -1.07. The number of thioether (sulfide) groups is 1. The molecule has 8 heteroatoms. The molecule has 3 heterocycles. The van der Waals surface area contributed by atoms with Gasteiger partial charge in [0.05, 0.1) is 18.1 Å². The van der Waals surface area contributed by atoms with Crippen LogP contribution in [0.1, 0.15) is 37.4 Å². The molecule has 4 rings (SSSR count). The predicted octanol–water partition coefficient (Wildman–Crippen LogP) is 1.48. The molecule has 0 spiro atoms. The number of carbonyl (C=O) groups excluding carboxylic acids is 1. The van der Waals surface area contributed by atoms with Gasteiger partial charge < -0.3 is 26.2 Å². The number of carbonyl (C=O) groups is 2. The number of nitrogens with two attached hydrogens (primary N) is 1. The van der Waals surface area contributed by atoms with Gasteiger partial charge in [-0.2, -0.15) is 0 Å². The number of amides is 1. The number of aliphatic carboxylic acids is 1. The van der Waals surface area contributed by atoms with Crippen molar-refractivity contribution in [2.75, 3.05) is 13.1 Å². The summed E-state index contributed by atoms with van der Waals surface area (Å²) in [6, 6.07) is 8.46. The Balaban J connectivity index is 1.47. The molecule has 6 atom stereocenters. The van der Waals surface area contributed by atoms with E-state index in [0.29, 0.717) is 6.54 Å². The standard InChI is InChI=1S/C22H29N3O4S/c1-11-18-17(12(2)26)21(27)25(18)19(22(28)29)20(11)30-15-9-16(24-10-15)14-5-3-13(4-6-14)7-8-23/h3-6,11-12,15-18,24,26H,7-10,23H2,1-2H3,(H,28,29)/t11-,12-,15+,16-,17-,18-/m1/s1. The SMILES string of the molecule is C[C@@H](O)[C@H]1C(=O)N2C(C(=O)O)=C(S[C@@H]3CN[C@@H](c4ccc(CCN)cc4)C3)[C@H](C)[C@H]12. The summed E-state index contributed by atoms with van der Waals surface area (Å²) in [7, 11) is 0. The molecule has 2 fully saturated rings. The van der Waals surface area contributed by atoms with Crippen LogP contribution in [0.4, 0.5) is 0 Å². The van der Waals surface area contributed by atoms with Crippen molar-refractivity contribution in [1.29, 1.82) is 0 Å². The number of hydrogen-bond donors (Lipinski definition) is 4. The fourth-order valence-electron chi connectivity index (χ4n) is 4.99. The summed E-state index contributed by atoms with van der Waals surface area (Å²) in [4.78, 5) is 26.6. The van der Waals surface area contributed by atoms with E-state index in [4.69, 9.17) is 5.73 Å². The first kappa shape index (κ1) is 21.4. The van der Waals surface area contributed by atoms with E-state index in [0.717, 1.165) is 24.3 Å². The molecular formula is C22H29N3O4S. The summed E-state index contributed by atoms with van der Waals surface area (Å²) >= 11 is 1.58. The smallest absolute Gasteiger partial charge is 0.353 e. The molecule has 0 aromatic heterocycles. The molecule has 0 unspecified atom stereocenters. The van der Waals surface area contributed by atoms with Crippen LogP contribution < -0.4 is 11.1 Å². The van der Waals surface area contributed by atoms with Crippen molar-refractivity contribution in [3.05, 3.63) is 46.0 Å². The Hall–Kier alpha value is -1.87. The van der Waals surface area contributed by atoms with Gasteiger partial charge in [-0.1, -0.05) is 31.2 Å². The largest absolute Gasteiger partial charge is 0.477 e. The number of benzene rings is 1. The quantitative estimate of drug-likeness (QED) is 0.483. The number of nitrogens with one attached hydrogen (secondary N) is 1. The number of aliphatic hydroxyl groups is 1. The number of β-lactam (4-membered cyclic amide) rings is 1. The van der Waals surface area contributed by atoms with Crippen LogP contribution in [0, 0.1) is 11.8 Å². The summed E-state index contributed by atoms with van der Waals surface area (Å²) < 4.78 is 0. The van der Waals surface area contributed by atoms with Crippen molar-refractivity contribution < 1.29 is 19.8 Å². The molecule has 1 aromatic rings. The second kappa shape index (κ2) is 8.34. The average molecular weight is 432 g/mol. The van der Waals surface area contributed by atoms with Gasteiger partial charge in [0.1, 0.15) is 5.70 Å². The van der Waals surface area contributed by atoms with Crippen LogP contribution in [0.5, 0.6) is 0 Å². The lowest BCUT2D eigenvalue weighted by Crippen LogP contribution is -2.63. The molecule has 1 aromatic carbocycles. The maximum atomic E-state index is 12.5. The minimum Gasteiger partial charge on any atom is -0.477 e. The maximum absolute atomic E-state index is 12.5. The van der Waals surface area contributed by atoms with E-state index in [1.165, 1.54) is 16.0 Å². The first-order chi connectivity index (χ1) is 14.3. The second-order valence-corrected chi connectivity index (χ2v) is 9.83. The van der Waals surface area contributed by atoms with E-state index >= 15 is 0 Å². The van der Waals surface area contributed by atoms with Crippen LogP contribution in [0.25, 0.3) is 0 Å². The van der Waals surface area contributed by atoms with Gasteiger partial charge in [-0.25, -0.2) is 4.79 Å². The molecule has 7 nitrogen and oxygen atoms in total. The molecule has 0 saturated carbocycles. The highest BCUT2D eigenvalue weighted by Crippen LogP contribution is 2.52. The van der Waals surface area contributed by atoms with Crippen LogP contribution in [-0.2, 0) is 16.0 Å². The Morgan fingerprint density at radius 1 is 1.37 bits per heavy atom. The van der Waals surface area contributed by atoms with Gasteiger partial charge in [0, 0.05) is 28.7 Å². The lowest BCUT2D eigenvalue weighted by atomic mass is 9.79. The molecule has 0 aliphatic carbocycles. The van der Waals surface area contributed by atoms with Gasteiger partial charge >= 0.3 is 5.97 Å². The molecule has 3 aliphatic heterocycles. The number of nitrogens with zero attached hydrogens (tertiary/aromatic N) is 1. The number of aliphatic hydroxyl groups excluding tert-OH is 1. The zero-order chi connectivity index (χ0) is 21.6. The molecule has 3 aliphatic rings. The van der Waals surface area contributed by atoms with E-state index in [2.05, 4.69) is 29.6 Å². The Labute approximate surface area is 180 Å². The Morgan fingerprint density at radius 3 is 2.67 bits per heavy atom. The molecule has 30 heavy (non-hydrogen) atoms. The predicted molar refractivity (Wildman–Crippen MR) is 116 cm³/mol. The van der Waals surface area contributed by atoms with Crippen molar-refractivity contribution in [2.24, 2.45) is 17.6 Å². The highest BCUT2D eigenvalue weighted by Gasteiger charge is 2.60. The fraction of sp³-hybridized carbons (Fsp3) is 0.545. The summed E-state index contributed by atoms with van der Waals surface area (Å²) in [5.41, 5.74) is 8.17. The lowest BCUT2D eigenvalue weighted by molar-refractivity contribution is -0.163. The second-order valence-electron chi connectivity index (χ2n) is 8.49. The van der Waals surface area contributed by atoms with Crippen LogP contribution in [-0.4, -0.2) is 57.5 Å². The van der Waals surface area contributed by atoms with Crippen LogP contribution in [0.2, 0.25) is 0 Å². The Kier molecular flexibility index (Phi) is 5.94. The first-order valence-electron chi connectivity index (χ1n) is 10.5. The van der Waals surface area contributed by atoms with Crippen LogP contribution in [0.15, 0.2) is 34.9 Å². The van der Waals surface area contributed by atoms with Crippen molar-refractivity contribution in [1.82, 2.24) is 10.2 Å². The number of rotatable bonds is 7. The lowest BCUT2D eigenvalue weighted by Gasteiger charge is -2.46. The molecule has 0 radical (unpaired) electrons. The van der Waals surface area contributed by atoms with Crippen LogP contribution in [0.3, 0.4) is 0 Å². The van der Waals surface area contributed by atoms with E-state index in [1.807, 2.05) is 6.92 Å². The average Bonchev–Trinajstić information content (AvgIpc) is 3.25. The molecule has 0 bridgehead atoms. The first-order valence-corrected chi connectivity index (χ1v) is 11.4. The molecule has 2 saturated heterocycles. The summed E-state index contributed by atoms with van der Waals surface area (Å²) in [5.74, 6) is -1.96. The number of carboxylic acid groups (broad SMARTS) is 1. The van der Waals surface area contributed by atoms with E-state index < -0.39 is 18.0 Å². The molecule has 1 amide bonds. The highest BCUT2D eigenvalue weighted by atomic mass is 32.2. The third-order valence-electron chi connectivity index (χ3n) is 6.51. The molecule has 162 valence electrons.